The Labute approximate surface area is 119 Å². The molecule has 0 radical (unpaired) electrons. The van der Waals surface area contributed by atoms with E-state index < -0.39 is 0 Å². The number of hydrogen-bond acceptors (Lipinski definition) is 5. The second-order valence-electron chi connectivity index (χ2n) is 4.38. The topological polar surface area (TPSA) is 63.7 Å². The van der Waals surface area contributed by atoms with Gasteiger partial charge in [0.15, 0.2) is 0 Å². The quantitative estimate of drug-likeness (QED) is 0.547. The van der Waals surface area contributed by atoms with E-state index in [0.717, 1.165) is 4.88 Å². The number of fused-ring (bicyclic) bond motifs is 1. The maximum Gasteiger partial charge on any atom is 0.372 e. The second kappa shape index (κ2) is 4.93. The van der Waals surface area contributed by atoms with Crippen LogP contribution in [0.4, 0.5) is 11.6 Å². The predicted molar refractivity (Wildman–Crippen MR) is 78.3 cm³/mol. The maximum atomic E-state index is 11.3. The molecule has 0 saturated carbocycles. The van der Waals surface area contributed by atoms with Gasteiger partial charge in [0.1, 0.15) is 0 Å². The summed E-state index contributed by atoms with van der Waals surface area (Å²) in [4.78, 5) is 18.2. The molecule has 3 aromatic rings. The van der Waals surface area contributed by atoms with Crippen molar-refractivity contribution < 1.29 is 4.92 Å². The van der Waals surface area contributed by atoms with Crippen molar-refractivity contribution in [3.05, 3.63) is 56.9 Å². The van der Waals surface area contributed by atoms with Gasteiger partial charge in [-0.2, -0.15) is 9.38 Å². The molecule has 3 heterocycles. The minimum Gasteiger partial charge on any atom is -0.358 e. The molecule has 3 rings (SSSR count). The average Bonchev–Trinajstić information content (AvgIpc) is 3.04. The third-order valence-electron chi connectivity index (χ3n) is 2.99. The molecule has 0 aliphatic heterocycles. The molecule has 0 spiro atoms. The van der Waals surface area contributed by atoms with Crippen LogP contribution in [0.5, 0.6) is 0 Å². The van der Waals surface area contributed by atoms with Gasteiger partial charge in [-0.05, 0) is 22.4 Å². The van der Waals surface area contributed by atoms with Gasteiger partial charge in [-0.25, -0.2) is 0 Å². The molecule has 6 nitrogen and oxygen atoms in total. The van der Waals surface area contributed by atoms with Gasteiger partial charge in [-0.1, -0.05) is 12.1 Å². The largest absolute Gasteiger partial charge is 0.372 e. The van der Waals surface area contributed by atoms with E-state index in [1.54, 1.807) is 34.6 Å². The zero-order valence-electron chi connectivity index (χ0n) is 10.8. The Morgan fingerprint density at radius 1 is 1.40 bits per heavy atom. The Morgan fingerprint density at radius 3 is 2.95 bits per heavy atom. The summed E-state index contributed by atoms with van der Waals surface area (Å²) in [5.74, 6) is 0.384. The van der Waals surface area contributed by atoms with Crippen LogP contribution in [0.1, 0.15) is 4.88 Å². The van der Waals surface area contributed by atoms with Crippen molar-refractivity contribution in [3.63, 3.8) is 0 Å². The summed E-state index contributed by atoms with van der Waals surface area (Å²) < 4.78 is 1.50. The van der Waals surface area contributed by atoms with Crippen LogP contribution in [-0.4, -0.2) is 21.4 Å². The number of hydrogen-bond donors (Lipinski definition) is 0. The van der Waals surface area contributed by atoms with E-state index in [1.165, 1.54) is 4.40 Å². The van der Waals surface area contributed by atoms with Crippen molar-refractivity contribution in [1.82, 2.24) is 9.38 Å². The van der Waals surface area contributed by atoms with Crippen LogP contribution < -0.4 is 4.90 Å². The molecule has 0 fully saturated rings. The molecule has 0 unspecified atom stereocenters. The van der Waals surface area contributed by atoms with Gasteiger partial charge in [0.05, 0.1) is 12.7 Å². The van der Waals surface area contributed by atoms with Crippen LogP contribution in [0.3, 0.4) is 0 Å². The highest BCUT2D eigenvalue weighted by molar-refractivity contribution is 7.09. The molecule has 0 aliphatic rings. The smallest absolute Gasteiger partial charge is 0.358 e. The van der Waals surface area contributed by atoms with Crippen molar-refractivity contribution in [3.8, 4) is 0 Å². The number of pyridine rings is 1. The summed E-state index contributed by atoms with van der Waals surface area (Å²) >= 11 is 1.62. The van der Waals surface area contributed by atoms with Crippen molar-refractivity contribution >= 4 is 28.6 Å². The monoisotopic (exact) mass is 288 g/mol. The Hall–Kier alpha value is -2.41. The molecule has 0 aromatic carbocycles. The second-order valence-corrected chi connectivity index (χ2v) is 5.41. The summed E-state index contributed by atoms with van der Waals surface area (Å²) in [6, 6.07) is 9.30. The molecular weight excluding hydrogens is 276 g/mol. The summed E-state index contributed by atoms with van der Waals surface area (Å²) in [6.07, 6.45) is 1.66. The third-order valence-corrected chi connectivity index (χ3v) is 3.86. The van der Waals surface area contributed by atoms with E-state index in [1.807, 2.05) is 30.6 Å². The molecule has 3 aromatic heterocycles. The minimum absolute atomic E-state index is 0.000318. The zero-order valence-corrected chi connectivity index (χ0v) is 11.6. The molecule has 0 atom stereocenters. The Bertz CT molecular complexity index is 751. The zero-order chi connectivity index (χ0) is 14.1. The lowest BCUT2D eigenvalue weighted by atomic mass is 10.4. The van der Waals surface area contributed by atoms with E-state index in [4.69, 9.17) is 0 Å². The lowest BCUT2D eigenvalue weighted by Crippen LogP contribution is -2.17. The highest BCUT2D eigenvalue weighted by Gasteiger charge is 2.25. The lowest BCUT2D eigenvalue weighted by Gasteiger charge is -2.14. The van der Waals surface area contributed by atoms with Gasteiger partial charge in [0.25, 0.3) is 0 Å². The summed E-state index contributed by atoms with van der Waals surface area (Å²) in [5, 5.41) is 13.3. The normalized spacial score (nSPS) is 10.8. The van der Waals surface area contributed by atoms with Gasteiger partial charge in [0, 0.05) is 18.0 Å². The van der Waals surface area contributed by atoms with Crippen molar-refractivity contribution in [2.24, 2.45) is 0 Å². The van der Waals surface area contributed by atoms with Crippen LogP contribution in [0.15, 0.2) is 41.9 Å². The average molecular weight is 288 g/mol. The van der Waals surface area contributed by atoms with Gasteiger partial charge in [-0.15, -0.1) is 11.3 Å². The molecule has 102 valence electrons. The van der Waals surface area contributed by atoms with E-state index in [2.05, 4.69) is 4.98 Å². The van der Waals surface area contributed by atoms with E-state index in [9.17, 15) is 10.1 Å². The van der Waals surface area contributed by atoms with Gasteiger partial charge < -0.3 is 15.0 Å². The number of aromatic nitrogens is 2. The van der Waals surface area contributed by atoms with Crippen LogP contribution in [-0.2, 0) is 6.54 Å². The summed E-state index contributed by atoms with van der Waals surface area (Å²) in [6.45, 7) is 0.600. The summed E-state index contributed by atoms with van der Waals surface area (Å²) in [5.41, 5.74) is 0.576. The number of nitro groups is 1. The fraction of sp³-hybridized carbons (Fsp3) is 0.154. The molecule has 0 amide bonds. The molecule has 7 heteroatoms. The highest BCUT2D eigenvalue weighted by atomic mass is 32.1. The van der Waals surface area contributed by atoms with Crippen LogP contribution in [0, 0.1) is 10.1 Å². The SMILES string of the molecule is CN(Cc1cccs1)c1nc2ccccn2c1[N+](=O)[O-]. The maximum absolute atomic E-state index is 11.3. The highest BCUT2D eigenvalue weighted by Crippen LogP contribution is 2.29. The Morgan fingerprint density at radius 2 is 2.25 bits per heavy atom. The molecule has 0 N–H and O–H groups in total. The number of rotatable bonds is 4. The standard InChI is InChI=1S/C13H12N4O2S/c1-15(9-10-5-4-8-20-10)12-13(17(18)19)16-7-3-2-6-11(16)14-12/h2-8H,9H2,1H3. The molecule has 20 heavy (non-hydrogen) atoms. The van der Waals surface area contributed by atoms with Crippen LogP contribution in [0.25, 0.3) is 5.65 Å². The van der Waals surface area contributed by atoms with Crippen molar-refractivity contribution in [2.75, 3.05) is 11.9 Å². The van der Waals surface area contributed by atoms with Crippen LogP contribution >= 0.6 is 11.3 Å². The van der Waals surface area contributed by atoms with E-state index in [0.29, 0.717) is 18.0 Å². The Kier molecular flexibility index (Phi) is 3.11. The molecule has 0 saturated heterocycles. The first-order valence-electron chi connectivity index (χ1n) is 6.02. The number of imidazole rings is 1. The van der Waals surface area contributed by atoms with Crippen LogP contribution in [0.2, 0.25) is 0 Å². The first-order chi connectivity index (χ1) is 9.66. The summed E-state index contributed by atoms with van der Waals surface area (Å²) in [7, 11) is 1.81. The first kappa shape index (κ1) is 12.6. The molecule has 0 aliphatic carbocycles. The molecule has 0 bridgehead atoms. The molecular formula is C13H12N4O2S. The first-order valence-corrected chi connectivity index (χ1v) is 6.90. The lowest BCUT2D eigenvalue weighted by molar-refractivity contribution is -0.389. The Balaban J connectivity index is 2.06. The van der Waals surface area contributed by atoms with Crippen molar-refractivity contribution in [2.45, 2.75) is 6.54 Å². The number of thiophene rings is 1. The van der Waals surface area contributed by atoms with Crippen molar-refractivity contribution in [1.29, 1.82) is 0 Å². The predicted octanol–water partition coefficient (Wildman–Crippen LogP) is 2.94. The minimum atomic E-state index is -0.389. The number of nitrogens with zero attached hydrogens (tertiary/aromatic N) is 4. The number of anilines is 1. The van der Waals surface area contributed by atoms with E-state index in [-0.39, 0.29) is 10.7 Å². The fourth-order valence-electron chi connectivity index (χ4n) is 2.11. The third kappa shape index (κ3) is 2.12. The van der Waals surface area contributed by atoms with Gasteiger partial charge >= 0.3 is 5.82 Å². The van der Waals surface area contributed by atoms with E-state index >= 15 is 0 Å². The fourth-order valence-corrected chi connectivity index (χ4v) is 2.86. The van der Waals surface area contributed by atoms with Gasteiger partial charge in [-0.3, -0.25) is 0 Å². The van der Waals surface area contributed by atoms with Gasteiger partial charge in [0.2, 0.25) is 11.5 Å².